The van der Waals surface area contributed by atoms with Gasteiger partial charge in [-0.15, -0.1) is 0 Å². The van der Waals surface area contributed by atoms with E-state index in [1.54, 1.807) is 24.3 Å². The average molecular weight is 324 g/mol. The van der Waals surface area contributed by atoms with Gasteiger partial charge < -0.3 is 10.1 Å². The maximum Gasteiger partial charge on any atom is 0.407 e. The molecule has 1 aliphatic rings. The number of amides is 3. The first-order valence-electron chi connectivity index (χ1n) is 7.56. The fourth-order valence-electron chi connectivity index (χ4n) is 2.49. The second-order valence-corrected chi connectivity index (χ2v) is 5.30. The molecular weight excluding hydrogens is 308 g/mol. The van der Waals surface area contributed by atoms with E-state index in [0.717, 1.165) is 10.5 Å². The summed E-state index contributed by atoms with van der Waals surface area (Å²) in [5.74, 6) is -0.676. The maximum atomic E-state index is 12.2. The van der Waals surface area contributed by atoms with Crippen LogP contribution in [0.15, 0.2) is 54.6 Å². The molecule has 3 rings (SSSR count). The summed E-state index contributed by atoms with van der Waals surface area (Å²) in [4.78, 5) is 37.1. The Hall–Kier alpha value is -3.15. The zero-order valence-corrected chi connectivity index (χ0v) is 12.9. The molecule has 0 aromatic heterocycles. The number of nitrogens with zero attached hydrogens (tertiary/aromatic N) is 1. The molecule has 6 nitrogen and oxygen atoms in total. The third kappa shape index (κ3) is 3.27. The lowest BCUT2D eigenvalue weighted by Crippen LogP contribution is -2.38. The van der Waals surface area contributed by atoms with E-state index in [0.29, 0.717) is 11.1 Å². The van der Waals surface area contributed by atoms with Crippen LogP contribution in [0.5, 0.6) is 0 Å². The molecule has 3 amide bonds. The van der Waals surface area contributed by atoms with Crippen LogP contribution in [0.1, 0.15) is 26.3 Å². The topological polar surface area (TPSA) is 75.7 Å². The molecule has 1 heterocycles. The third-order valence-corrected chi connectivity index (χ3v) is 3.70. The van der Waals surface area contributed by atoms with Crippen molar-refractivity contribution in [1.82, 2.24) is 10.2 Å². The Balaban J connectivity index is 1.46. The van der Waals surface area contributed by atoms with Crippen molar-refractivity contribution in [3.05, 3.63) is 71.3 Å². The maximum absolute atomic E-state index is 12.2. The van der Waals surface area contributed by atoms with Gasteiger partial charge in [0.25, 0.3) is 11.8 Å². The Bertz CT molecular complexity index is 739. The molecule has 24 heavy (non-hydrogen) atoms. The summed E-state index contributed by atoms with van der Waals surface area (Å²) >= 11 is 0. The number of nitrogens with one attached hydrogen (secondary N) is 1. The van der Waals surface area contributed by atoms with Crippen molar-refractivity contribution < 1.29 is 19.1 Å². The molecular formula is C18H16N2O4. The Kier molecular flexibility index (Phi) is 4.56. The minimum Gasteiger partial charge on any atom is -0.445 e. The first-order chi connectivity index (χ1) is 11.7. The highest BCUT2D eigenvalue weighted by Gasteiger charge is 2.34. The molecule has 0 radical (unpaired) electrons. The quantitative estimate of drug-likeness (QED) is 0.856. The standard InChI is InChI=1S/C18H16N2O4/c21-16-14-8-4-5-9-15(14)17(22)20(16)11-10-19-18(23)24-12-13-6-2-1-3-7-13/h1-9H,10-12H2,(H,19,23). The fraction of sp³-hybridized carbons (Fsp3) is 0.167. The molecule has 0 bridgehead atoms. The van der Waals surface area contributed by atoms with E-state index in [1.807, 2.05) is 30.3 Å². The summed E-state index contributed by atoms with van der Waals surface area (Å²) in [6, 6.07) is 16.0. The lowest BCUT2D eigenvalue weighted by atomic mass is 10.1. The Morgan fingerprint density at radius 3 is 2.12 bits per heavy atom. The minimum atomic E-state index is -0.588. The molecule has 1 aliphatic heterocycles. The lowest BCUT2D eigenvalue weighted by molar-refractivity contribution is 0.0652. The molecule has 2 aromatic carbocycles. The second kappa shape index (κ2) is 6.95. The monoisotopic (exact) mass is 324 g/mol. The molecule has 1 N–H and O–H groups in total. The average Bonchev–Trinajstić information content (AvgIpc) is 2.86. The van der Waals surface area contributed by atoms with Crippen LogP contribution in [0.2, 0.25) is 0 Å². The minimum absolute atomic E-state index is 0.104. The zero-order chi connectivity index (χ0) is 16.9. The predicted octanol–water partition coefficient (Wildman–Crippen LogP) is 2.21. The highest BCUT2D eigenvalue weighted by molar-refractivity contribution is 6.21. The van der Waals surface area contributed by atoms with Crippen LogP contribution in [-0.2, 0) is 11.3 Å². The van der Waals surface area contributed by atoms with E-state index in [9.17, 15) is 14.4 Å². The van der Waals surface area contributed by atoms with Gasteiger partial charge in [-0.05, 0) is 17.7 Å². The Morgan fingerprint density at radius 2 is 1.50 bits per heavy atom. The first-order valence-corrected chi connectivity index (χ1v) is 7.56. The number of hydrogen-bond acceptors (Lipinski definition) is 4. The van der Waals surface area contributed by atoms with Crippen LogP contribution < -0.4 is 5.32 Å². The summed E-state index contributed by atoms with van der Waals surface area (Å²) < 4.78 is 5.07. The number of hydrogen-bond donors (Lipinski definition) is 1. The van der Waals surface area contributed by atoms with E-state index in [-0.39, 0.29) is 31.5 Å². The largest absolute Gasteiger partial charge is 0.445 e. The van der Waals surface area contributed by atoms with Gasteiger partial charge in [-0.2, -0.15) is 0 Å². The van der Waals surface area contributed by atoms with Gasteiger partial charge in [0.2, 0.25) is 0 Å². The number of carbonyl (C=O) groups excluding carboxylic acids is 3. The number of fused-ring (bicyclic) bond motifs is 1. The van der Waals surface area contributed by atoms with Crippen molar-refractivity contribution >= 4 is 17.9 Å². The van der Waals surface area contributed by atoms with Crippen molar-refractivity contribution in [2.75, 3.05) is 13.1 Å². The highest BCUT2D eigenvalue weighted by atomic mass is 16.5. The molecule has 0 atom stereocenters. The van der Waals surface area contributed by atoms with Crippen LogP contribution in [0.3, 0.4) is 0 Å². The molecule has 0 fully saturated rings. The van der Waals surface area contributed by atoms with Gasteiger partial charge in [0, 0.05) is 13.1 Å². The predicted molar refractivity (Wildman–Crippen MR) is 86.4 cm³/mol. The smallest absolute Gasteiger partial charge is 0.407 e. The molecule has 0 unspecified atom stereocenters. The van der Waals surface area contributed by atoms with Crippen LogP contribution in [0.25, 0.3) is 0 Å². The zero-order valence-electron chi connectivity index (χ0n) is 12.9. The first kappa shape index (κ1) is 15.7. The summed E-state index contributed by atoms with van der Waals surface area (Å²) in [6.07, 6.45) is -0.588. The van der Waals surface area contributed by atoms with Gasteiger partial charge in [0.15, 0.2) is 0 Å². The Labute approximate surface area is 139 Å². The molecule has 0 aliphatic carbocycles. The van der Waals surface area contributed by atoms with Gasteiger partial charge in [-0.25, -0.2) is 4.79 Å². The molecule has 6 heteroatoms. The van der Waals surface area contributed by atoms with Crippen LogP contribution in [0, 0.1) is 0 Å². The highest BCUT2D eigenvalue weighted by Crippen LogP contribution is 2.21. The van der Waals surface area contributed by atoms with E-state index in [4.69, 9.17) is 4.74 Å². The van der Waals surface area contributed by atoms with E-state index in [2.05, 4.69) is 5.32 Å². The van der Waals surface area contributed by atoms with Crippen LogP contribution in [-0.4, -0.2) is 35.9 Å². The Morgan fingerprint density at radius 1 is 0.917 bits per heavy atom. The van der Waals surface area contributed by atoms with E-state index < -0.39 is 6.09 Å². The van der Waals surface area contributed by atoms with Crippen molar-refractivity contribution in [3.8, 4) is 0 Å². The summed E-state index contributed by atoms with van der Waals surface area (Å²) in [6.45, 7) is 0.408. The molecule has 2 aromatic rings. The van der Waals surface area contributed by atoms with Crippen molar-refractivity contribution in [1.29, 1.82) is 0 Å². The fourth-order valence-corrected chi connectivity index (χ4v) is 2.49. The van der Waals surface area contributed by atoms with Crippen molar-refractivity contribution in [2.45, 2.75) is 6.61 Å². The van der Waals surface area contributed by atoms with Crippen molar-refractivity contribution in [2.24, 2.45) is 0 Å². The summed E-state index contributed by atoms with van der Waals surface area (Å²) in [7, 11) is 0. The van der Waals surface area contributed by atoms with Gasteiger partial charge in [-0.3, -0.25) is 14.5 Å². The van der Waals surface area contributed by atoms with Crippen LogP contribution >= 0.6 is 0 Å². The lowest BCUT2D eigenvalue weighted by Gasteiger charge is -2.14. The number of benzene rings is 2. The normalized spacial score (nSPS) is 12.9. The van der Waals surface area contributed by atoms with Gasteiger partial charge in [-0.1, -0.05) is 42.5 Å². The van der Waals surface area contributed by atoms with Gasteiger partial charge in [0.05, 0.1) is 11.1 Å². The van der Waals surface area contributed by atoms with E-state index in [1.165, 1.54) is 0 Å². The summed E-state index contributed by atoms with van der Waals surface area (Å²) in [5.41, 5.74) is 1.68. The van der Waals surface area contributed by atoms with Gasteiger partial charge in [0.1, 0.15) is 6.61 Å². The molecule has 122 valence electrons. The number of rotatable bonds is 5. The second-order valence-electron chi connectivity index (χ2n) is 5.30. The molecule has 0 saturated carbocycles. The molecule has 0 spiro atoms. The SMILES string of the molecule is O=C(NCCN1C(=O)c2ccccc2C1=O)OCc1ccccc1. The number of imide groups is 1. The van der Waals surface area contributed by atoms with E-state index >= 15 is 0 Å². The van der Waals surface area contributed by atoms with Gasteiger partial charge >= 0.3 is 6.09 Å². The van der Waals surface area contributed by atoms with Crippen LogP contribution in [0.4, 0.5) is 4.79 Å². The third-order valence-electron chi connectivity index (χ3n) is 3.70. The summed E-state index contributed by atoms with van der Waals surface area (Å²) in [5, 5.41) is 2.54. The molecule has 0 saturated heterocycles. The number of ether oxygens (including phenoxy) is 1. The number of alkyl carbamates (subject to hydrolysis) is 1. The van der Waals surface area contributed by atoms with Crippen molar-refractivity contribution in [3.63, 3.8) is 0 Å². The number of carbonyl (C=O) groups is 3.